The number of nitrogens with zero attached hydrogens (tertiary/aromatic N) is 2. The zero-order valence-corrected chi connectivity index (χ0v) is 17.9. The summed E-state index contributed by atoms with van der Waals surface area (Å²) in [6.07, 6.45) is 3.77. The van der Waals surface area contributed by atoms with Gasteiger partial charge in [0.2, 0.25) is 0 Å². The van der Waals surface area contributed by atoms with Crippen molar-refractivity contribution in [3.8, 4) is 0 Å². The Balaban J connectivity index is 0.00000484. The molecule has 6 heteroatoms. The van der Waals surface area contributed by atoms with Gasteiger partial charge in [-0.05, 0) is 46.5 Å². The maximum atomic E-state index is 10.4. The molecule has 5 nitrogen and oxygen atoms in total. The second-order valence-electron chi connectivity index (χ2n) is 6.67. The van der Waals surface area contributed by atoms with Crippen molar-refractivity contribution < 1.29 is 5.11 Å². The Morgan fingerprint density at radius 3 is 2.22 bits per heavy atom. The van der Waals surface area contributed by atoms with Gasteiger partial charge in [-0.1, -0.05) is 13.8 Å². The molecule has 138 valence electrons. The number of nitrogens with one attached hydrogen (secondary N) is 2. The largest absolute Gasteiger partial charge is 0.388 e. The summed E-state index contributed by atoms with van der Waals surface area (Å²) < 4.78 is 0. The minimum absolute atomic E-state index is 0. The zero-order chi connectivity index (χ0) is 16.6. The van der Waals surface area contributed by atoms with E-state index in [2.05, 4.69) is 41.3 Å². The first-order chi connectivity index (χ1) is 10.4. The average molecular weight is 440 g/mol. The van der Waals surface area contributed by atoms with Crippen molar-refractivity contribution in [2.45, 2.75) is 78.0 Å². The lowest BCUT2D eigenvalue weighted by Gasteiger charge is -2.35. The Kier molecular flexibility index (Phi) is 11.4. The SMILES string of the molecule is CCNC(=NCC(O)(CC)CC)NC1CCN(C(C)C)CC1.I. The molecule has 0 aliphatic carbocycles. The predicted octanol–water partition coefficient (Wildman–Crippen LogP) is 2.58. The summed E-state index contributed by atoms with van der Waals surface area (Å²) in [4.78, 5) is 7.13. The third-order valence-electron chi connectivity index (χ3n) is 4.79. The number of guanidine groups is 1. The lowest BCUT2D eigenvalue weighted by atomic mass is 9.98. The van der Waals surface area contributed by atoms with Crippen LogP contribution in [-0.4, -0.2) is 59.8 Å². The summed E-state index contributed by atoms with van der Waals surface area (Å²) in [7, 11) is 0. The van der Waals surface area contributed by atoms with Crippen molar-refractivity contribution in [2.24, 2.45) is 4.99 Å². The minimum Gasteiger partial charge on any atom is -0.388 e. The molecule has 1 rings (SSSR count). The van der Waals surface area contributed by atoms with Crippen molar-refractivity contribution in [1.82, 2.24) is 15.5 Å². The average Bonchev–Trinajstić information content (AvgIpc) is 2.53. The first kappa shape index (κ1) is 22.9. The lowest BCUT2D eigenvalue weighted by Crippen LogP contribution is -2.50. The highest BCUT2D eigenvalue weighted by molar-refractivity contribution is 14.0. The van der Waals surface area contributed by atoms with Crippen LogP contribution in [0, 0.1) is 0 Å². The summed E-state index contributed by atoms with van der Waals surface area (Å²) in [6, 6.07) is 1.11. The number of likely N-dealkylation sites (tertiary alicyclic amines) is 1. The van der Waals surface area contributed by atoms with Crippen LogP contribution in [0.1, 0.15) is 60.3 Å². The summed E-state index contributed by atoms with van der Waals surface area (Å²) >= 11 is 0. The van der Waals surface area contributed by atoms with E-state index >= 15 is 0 Å². The van der Waals surface area contributed by atoms with Crippen LogP contribution in [0.5, 0.6) is 0 Å². The van der Waals surface area contributed by atoms with Gasteiger partial charge in [-0.25, -0.2) is 0 Å². The number of hydrogen-bond donors (Lipinski definition) is 3. The summed E-state index contributed by atoms with van der Waals surface area (Å²) in [5.41, 5.74) is -0.677. The fourth-order valence-electron chi connectivity index (χ4n) is 2.77. The molecule has 23 heavy (non-hydrogen) atoms. The maximum absolute atomic E-state index is 10.4. The number of aliphatic hydroxyl groups is 1. The second-order valence-corrected chi connectivity index (χ2v) is 6.67. The molecule has 1 aliphatic rings. The number of piperidine rings is 1. The highest BCUT2D eigenvalue weighted by atomic mass is 127. The normalized spacial score (nSPS) is 18.0. The monoisotopic (exact) mass is 440 g/mol. The molecule has 1 heterocycles. The van der Waals surface area contributed by atoms with E-state index in [9.17, 15) is 5.11 Å². The van der Waals surface area contributed by atoms with E-state index in [1.165, 1.54) is 0 Å². The number of rotatable bonds is 7. The molecule has 0 aromatic rings. The third-order valence-corrected chi connectivity index (χ3v) is 4.79. The first-order valence-corrected chi connectivity index (χ1v) is 8.95. The van der Waals surface area contributed by atoms with Gasteiger partial charge in [0.1, 0.15) is 0 Å². The van der Waals surface area contributed by atoms with Crippen LogP contribution in [0.4, 0.5) is 0 Å². The fraction of sp³-hybridized carbons (Fsp3) is 0.941. The Bertz CT molecular complexity index is 337. The van der Waals surface area contributed by atoms with Crippen LogP contribution in [0.3, 0.4) is 0 Å². The third kappa shape index (κ3) is 8.03. The fourth-order valence-corrected chi connectivity index (χ4v) is 2.77. The molecule has 0 spiro atoms. The Labute approximate surface area is 159 Å². The van der Waals surface area contributed by atoms with Crippen molar-refractivity contribution in [3.05, 3.63) is 0 Å². The smallest absolute Gasteiger partial charge is 0.191 e. The summed E-state index contributed by atoms with van der Waals surface area (Å²) in [5, 5.41) is 17.2. The van der Waals surface area contributed by atoms with Crippen molar-refractivity contribution >= 4 is 29.9 Å². The molecule has 1 saturated heterocycles. The van der Waals surface area contributed by atoms with Crippen LogP contribution in [0.15, 0.2) is 4.99 Å². The second kappa shape index (κ2) is 11.5. The Hall–Kier alpha value is -0.0800. The van der Waals surface area contributed by atoms with Crippen LogP contribution in [0.2, 0.25) is 0 Å². The molecule has 0 bridgehead atoms. The van der Waals surface area contributed by atoms with Crippen LogP contribution >= 0.6 is 24.0 Å². The molecule has 3 N–H and O–H groups in total. The molecule has 0 radical (unpaired) electrons. The van der Waals surface area contributed by atoms with Crippen LogP contribution in [-0.2, 0) is 0 Å². The topological polar surface area (TPSA) is 59.9 Å². The molecule has 0 atom stereocenters. The van der Waals surface area contributed by atoms with Gasteiger partial charge >= 0.3 is 0 Å². The van der Waals surface area contributed by atoms with Gasteiger partial charge in [0.15, 0.2) is 5.96 Å². The van der Waals surface area contributed by atoms with Crippen LogP contribution < -0.4 is 10.6 Å². The van der Waals surface area contributed by atoms with E-state index in [4.69, 9.17) is 0 Å². The molecule has 0 aromatic carbocycles. The molecule has 0 saturated carbocycles. The predicted molar refractivity (Wildman–Crippen MR) is 110 cm³/mol. The van der Waals surface area contributed by atoms with Crippen molar-refractivity contribution in [1.29, 1.82) is 0 Å². The van der Waals surface area contributed by atoms with Gasteiger partial charge in [0.25, 0.3) is 0 Å². The van der Waals surface area contributed by atoms with E-state index in [0.29, 0.717) is 18.6 Å². The number of hydrogen-bond acceptors (Lipinski definition) is 3. The van der Waals surface area contributed by atoms with Gasteiger partial charge in [0.05, 0.1) is 12.1 Å². The van der Waals surface area contributed by atoms with Gasteiger partial charge in [-0.15, -0.1) is 24.0 Å². The maximum Gasteiger partial charge on any atom is 0.191 e. The molecule has 0 unspecified atom stereocenters. The van der Waals surface area contributed by atoms with Crippen molar-refractivity contribution in [2.75, 3.05) is 26.2 Å². The molecular formula is C17H37IN4O. The van der Waals surface area contributed by atoms with Gasteiger partial charge in [0, 0.05) is 31.7 Å². The highest BCUT2D eigenvalue weighted by Crippen LogP contribution is 2.15. The summed E-state index contributed by atoms with van der Waals surface area (Å²) in [5.74, 6) is 0.839. The molecule has 0 aromatic heterocycles. The summed E-state index contributed by atoms with van der Waals surface area (Å²) in [6.45, 7) is 14.2. The Morgan fingerprint density at radius 1 is 1.22 bits per heavy atom. The van der Waals surface area contributed by atoms with E-state index in [-0.39, 0.29) is 24.0 Å². The Morgan fingerprint density at radius 2 is 1.78 bits per heavy atom. The van der Waals surface area contributed by atoms with E-state index < -0.39 is 5.60 Å². The van der Waals surface area contributed by atoms with Gasteiger partial charge in [-0.3, -0.25) is 4.99 Å². The zero-order valence-electron chi connectivity index (χ0n) is 15.6. The molecular weight excluding hydrogens is 403 g/mol. The quantitative estimate of drug-likeness (QED) is 0.324. The van der Waals surface area contributed by atoms with E-state index in [0.717, 1.165) is 51.3 Å². The minimum atomic E-state index is -0.677. The standard InChI is InChI=1S/C17H36N4O.HI/c1-6-17(22,7-2)13-19-16(18-8-3)20-15-9-11-21(12-10-15)14(4)5;/h14-15,22H,6-13H2,1-5H3,(H2,18,19,20);1H. The first-order valence-electron chi connectivity index (χ1n) is 8.95. The van der Waals surface area contributed by atoms with Gasteiger partial charge in [-0.2, -0.15) is 0 Å². The molecule has 1 aliphatic heterocycles. The van der Waals surface area contributed by atoms with E-state index in [1.54, 1.807) is 0 Å². The highest BCUT2D eigenvalue weighted by Gasteiger charge is 2.23. The van der Waals surface area contributed by atoms with Gasteiger partial charge < -0.3 is 20.6 Å². The lowest BCUT2D eigenvalue weighted by molar-refractivity contribution is 0.0417. The molecule has 0 amide bonds. The van der Waals surface area contributed by atoms with Crippen LogP contribution in [0.25, 0.3) is 0 Å². The van der Waals surface area contributed by atoms with E-state index in [1.807, 2.05) is 13.8 Å². The number of aliphatic imine (C=N–C) groups is 1. The van der Waals surface area contributed by atoms with Crippen molar-refractivity contribution in [3.63, 3.8) is 0 Å². The number of halogens is 1. The molecule has 1 fully saturated rings.